The summed E-state index contributed by atoms with van der Waals surface area (Å²) in [5, 5.41) is 0. The first-order chi connectivity index (χ1) is 14.9. The van der Waals surface area contributed by atoms with Crippen molar-refractivity contribution in [2.45, 2.75) is 13.1 Å². The molecule has 2 aromatic carbocycles. The van der Waals surface area contributed by atoms with Crippen LogP contribution in [0.5, 0.6) is 0 Å². The minimum absolute atomic E-state index is 0. The number of imidazole rings is 2. The number of pyridine rings is 1. The van der Waals surface area contributed by atoms with Crippen LogP contribution >= 0.6 is 0 Å². The van der Waals surface area contributed by atoms with Gasteiger partial charge in [0.2, 0.25) is 0 Å². The summed E-state index contributed by atoms with van der Waals surface area (Å²) in [4.78, 5) is 14.0. The molecule has 0 unspecified atom stereocenters. The van der Waals surface area contributed by atoms with Crippen molar-refractivity contribution in [3.8, 4) is 23.0 Å². The van der Waals surface area contributed by atoms with Crippen molar-refractivity contribution in [1.82, 2.24) is 24.1 Å². The van der Waals surface area contributed by atoms with E-state index in [0.717, 1.165) is 36.1 Å². The Kier molecular flexibility index (Phi) is 9.95. The molecular formula is C25H21Cl2N5V. The van der Waals surface area contributed by atoms with Gasteiger partial charge in [0.25, 0.3) is 0 Å². The van der Waals surface area contributed by atoms with Gasteiger partial charge < -0.3 is 33.9 Å². The van der Waals surface area contributed by atoms with E-state index < -0.39 is 0 Å². The molecule has 5 nitrogen and oxygen atoms in total. The van der Waals surface area contributed by atoms with Gasteiger partial charge in [-0.2, -0.15) is 0 Å². The van der Waals surface area contributed by atoms with Crippen molar-refractivity contribution in [3.05, 3.63) is 115 Å². The van der Waals surface area contributed by atoms with E-state index in [4.69, 9.17) is 4.98 Å². The first kappa shape index (κ1) is 26.4. The average Bonchev–Trinajstić information content (AvgIpc) is 3.45. The molecule has 1 radical (unpaired) electrons. The van der Waals surface area contributed by atoms with Gasteiger partial charge in [0, 0.05) is 37.9 Å². The van der Waals surface area contributed by atoms with E-state index in [9.17, 15) is 0 Å². The van der Waals surface area contributed by atoms with Gasteiger partial charge >= 0.3 is 18.6 Å². The molecule has 165 valence electrons. The van der Waals surface area contributed by atoms with Crippen LogP contribution in [0.3, 0.4) is 0 Å². The van der Waals surface area contributed by atoms with Crippen LogP contribution in [0, 0.1) is 0 Å². The van der Waals surface area contributed by atoms with Crippen LogP contribution in [-0.2, 0) is 31.6 Å². The zero-order valence-corrected chi connectivity index (χ0v) is 20.6. The third-order valence-electron chi connectivity index (χ3n) is 5.03. The predicted molar refractivity (Wildman–Crippen MR) is 118 cm³/mol. The molecule has 0 atom stereocenters. The van der Waals surface area contributed by atoms with Crippen LogP contribution in [0.25, 0.3) is 23.0 Å². The molecule has 0 N–H and O–H groups in total. The van der Waals surface area contributed by atoms with Crippen LogP contribution in [0.2, 0.25) is 0 Å². The number of aromatic nitrogens is 5. The fourth-order valence-electron chi connectivity index (χ4n) is 3.58. The monoisotopic (exact) mass is 512 g/mol. The topological polar surface area (TPSA) is 48.5 Å². The molecule has 8 heteroatoms. The quantitative estimate of drug-likeness (QED) is 0.290. The first-order valence-corrected chi connectivity index (χ1v) is 9.95. The second-order valence-corrected chi connectivity index (χ2v) is 7.14. The SMILES string of the molecule is [Cl-].[Cl-].[V+2].c1ccc(Cn2ccnc2-c2cccc(-c3nccn3Cc3ccccc3)n2)cc1. The standard InChI is InChI=1S/C25H21N5.2ClH.V/c1-3-8-20(9-4-1)18-29-16-14-26-24(29)22-12-7-13-23(28-22)25-27-15-17-30(25)19-21-10-5-2-6-11-21;;;/h1-17H,18-19H2;2*1H;/q;;;+2/p-2. The molecule has 0 bridgehead atoms. The van der Waals surface area contributed by atoms with E-state index in [1.165, 1.54) is 11.1 Å². The number of benzene rings is 2. The summed E-state index contributed by atoms with van der Waals surface area (Å²) in [6.07, 6.45) is 7.63. The maximum absolute atomic E-state index is 4.90. The van der Waals surface area contributed by atoms with Crippen LogP contribution in [-0.4, -0.2) is 24.1 Å². The number of hydrogen-bond acceptors (Lipinski definition) is 3. The number of nitrogens with zero attached hydrogens (tertiary/aromatic N) is 5. The summed E-state index contributed by atoms with van der Waals surface area (Å²) in [6, 6.07) is 26.8. The molecule has 3 heterocycles. The summed E-state index contributed by atoms with van der Waals surface area (Å²) in [5.74, 6) is 1.70. The van der Waals surface area contributed by atoms with Gasteiger partial charge in [-0.3, -0.25) is 0 Å². The Bertz CT molecular complexity index is 1160. The summed E-state index contributed by atoms with van der Waals surface area (Å²) >= 11 is 0. The predicted octanol–water partition coefficient (Wildman–Crippen LogP) is -1.09. The van der Waals surface area contributed by atoms with Crippen molar-refractivity contribution in [2.75, 3.05) is 0 Å². The molecule has 0 spiro atoms. The van der Waals surface area contributed by atoms with E-state index in [2.05, 4.69) is 67.6 Å². The van der Waals surface area contributed by atoms with Crippen molar-refractivity contribution in [1.29, 1.82) is 0 Å². The van der Waals surface area contributed by atoms with Crippen molar-refractivity contribution in [3.63, 3.8) is 0 Å². The van der Waals surface area contributed by atoms with Crippen molar-refractivity contribution < 1.29 is 43.4 Å². The molecule has 5 aromatic rings. The van der Waals surface area contributed by atoms with Gasteiger partial charge in [0.05, 0.1) is 0 Å². The van der Waals surface area contributed by atoms with Crippen molar-refractivity contribution >= 4 is 0 Å². The van der Waals surface area contributed by atoms with Gasteiger partial charge in [-0.1, -0.05) is 66.7 Å². The van der Waals surface area contributed by atoms with E-state index in [-0.39, 0.29) is 43.4 Å². The molecule has 33 heavy (non-hydrogen) atoms. The molecule has 0 saturated carbocycles. The minimum atomic E-state index is 0. The van der Waals surface area contributed by atoms with Gasteiger partial charge in [-0.25, -0.2) is 15.0 Å². The molecule has 0 aliphatic carbocycles. The summed E-state index contributed by atoms with van der Waals surface area (Å²) < 4.78 is 4.25. The Morgan fingerprint density at radius 2 is 0.970 bits per heavy atom. The van der Waals surface area contributed by atoms with Crippen LogP contribution < -0.4 is 24.8 Å². The summed E-state index contributed by atoms with van der Waals surface area (Å²) in [6.45, 7) is 1.51. The fourth-order valence-corrected chi connectivity index (χ4v) is 3.58. The van der Waals surface area contributed by atoms with E-state index >= 15 is 0 Å². The molecule has 0 fully saturated rings. The van der Waals surface area contributed by atoms with E-state index in [1.54, 1.807) is 0 Å². The van der Waals surface area contributed by atoms with Crippen LogP contribution in [0.4, 0.5) is 0 Å². The fraction of sp³-hybridized carbons (Fsp3) is 0.0800. The van der Waals surface area contributed by atoms with Gasteiger partial charge in [-0.05, 0) is 23.3 Å². The molecule has 0 aliphatic heterocycles. The number of rotatable bonds is 6. The molecule has 5 rings (SSSR count). The third-order valence-corrected chi connectivity index (χ3v) is 5.03. The average molecular weight is 513 g/mol. The Morgan fingerprint density at radius 3 is 1.39 bits per heavy atom. The van der Waals surface area contributed by atoms with Crippen molar-refractivity contribution in [2.24, 2.45) is 0 Å². The summed E-state index contributed by atoms with van der Waals surface area (Å²) in [7, 11) is 0. The second kappa shape index (κ2) is 12.4. The zero-order chi connectivity index (χ0) is 20.2. The Hall–Kier alpha value is -2.83. The minimum Gasteiger partial charge on any atom is -1.00 e. The molecule has 0 saturated heterocycles. The summed E-state index contributed by atoms with van der Waals surface area (Å²) in [5.41, 5.74) is 4.13. The Balaban J connectivity index is 0.00000128. The zero-order valence-electron chi connectivity index (χ0n) is 17.7. The molecule has 0 aliphatic rings. The molecular weight excluding hydrogens is 492 g/mol. The molecule has 0 amide bonds. The Labute approximate surface area is 217 Å². The van der Waals surface area contributed by atoms with Gasteiger partial charge in [0.1, 0.15) is 11.4 Å². The van der Waals surface area contributed by atoms with Gasteiger partial charge in [0.15, 0.2) is 11.6 Å². The van der Waals surface area contributed by atoms with Crippen LogP contribution in [0.1, 0.15) is 11.1 Å². The Morgan fingerprint density at radius 1 is 0.545 bits per heavy atom. The smallest absolute Gasteiger partial charge is 1.00 e. The number of halogens is 2. The normalized spacial score (nSPS) is 9.94. The van der Waals surface area contributed by atoms with Crippen LogP contribution in [0.15, 0.2) is 104 Å². The number of hydrogen-bond donors (Lipinski definition) is 0. The maximum Gasteiger partial charge on any atom is 2.00 e. The largest absolute Gasteiger partial charge is 2.00 e. The second-order valence-electron chi connectivity index (χ2n) is 7.14. The molecule has 3 aromatic heterocycles. The third kappa shape index (κ3) is 6.15. The van der Waals surface area contributed by atoms with E-state index in [0.29, 0.717) is 0 Å². The first-order valence-electron chi connectivity index (χ1n) is 9.95. The maximum atomic E-state index is 4.90. The van der Waals surface area contributed by atoms with E-state index in [1.807, 2.05) is 55.1 Å². The van der Waals surface area contributed by atoms with Gasteiger partial charge in [-0.15, -0.1) is 0 Å².